The quantitative estimate of drug-likeness (QED) is 0.511. The Balaban J connectivity index is 2.11. The number of benzene rings is 2. The van der Waals surface area contributed by atoms with E-state index in [9.17, 15) is 10.1 Å². The van der Waals surface area contributed by atoms with E-state index < -0.39 is 4.92 Å². The Morgan fingerprint density at radius 2 is 1.80 bits per heavy atom. The molecule has 4 nitrogen and oxygen atoms in total. The lowest BCUT2D eigenvalue weighted by molar-refractivity contribution is -0.385. The molecule has 98 valence electrons. The van der Waals surface area contributed by atoms with Crippen molar-refractivity contribution < 1.29 is 4.92 Å². The number of nitro benzene ring substituents is 1. The predicted molar refractivity (Wildman–Crippen MR) is 81.5 cm³/mol. The summed E-state index contributed by atoms with van der Waals surface area (Å²) in [6, 6.07) is 14.8. The van der Waals surface area contributed by atoms with Gasteiger partial charge in [-0.05, 0) is 39.5 Å². The van der Waals surface area contributed by atoms with Gasteiger partial charge in [-0.2, -0.15) is 0 Å². The summed E-state index contributed by atoms with van der Waals surface area (Å²) in [6.45, 7) is 0. The Morgan fingerprint density at radius 3 is 2.50 bits per heavy atom. The molecule has 0 bridgehead atoms. The highest BCUT2D eigenvalue weighted by atomic mass is 79.9. The van der Waals surface area contributed by atoms with Gasteiger partial charge in [0.25, 0.3) is 5.69 Å². The number of hydrogen-bond acceptors (Lipinski definition) is 3. The molecule has 3 aromatic rings. The maximum atomic E-state index is 10.8. The van der Waals surface area contributed by atoms with Crippen molar-refractivity contribution in [1.29, 1.82) is 0 Å². The van der Waals surface area contributed by atoms with Crippen molar-refractivity contribution in [2.75, 3.05) is 0 Å². The molecule has 0 saturated heterocycles. The molecule has 0 unspecified atom stereocenters. The fourth-order valence-corrected chi connectivity index (χ4v) is 2.58. The van der Waals surface area contributed by atoms with E-state index in [4.69, 9.17) is 0 Å². The molecule has 0 N–H and O–H groups in total. The van der Waals surface area contributed by atoms with Gasteiger partial charge < -0.3 is 0 Å². The summed E-state index contributed by atoms with van der Waals surface area (Å²) in [5, 5.41) is 13.0. The van der Waals surface area contributed by atoms with Gasteiger partial charge in [-0.1, -0.05) is 24.3 Å². The molecule has 0 spiro atoms. The van der Waals surface area contributed by atoms with Crippen LogP contribution in [-0.4, -0.2) is 9.91 Å². The SMILES string of the molecule is O=[N+]([O-])c1ccc(-c2cc3ccccc3cn2)cc1Br. The first-order valence-electron chi connectivity index (χ1n) is 5.94. The first-order valence-corrected chi connectivity index (χ1v) is 6.73. The van der Waals surface area contributed by atoms with E-state index in [2.05, 4.69) is 20.9 Å². The maximum Gasteiger partial charge on any atom is 0.283 e. The summed E-state index contributed by atoms with van der Waals surface area (Å²) in [6.07, 6.45) is 1.81. The zero-order chi connectivity index (χ0) is 14.1. The standard InChI is InChI=1S/C15H9BrN2O2/c16-13-7-11(5-6-15(13)18(19)20)14-8-10-3-1-2-4-12(10)9-17-14/h1-9H. The largest absolute Gasteiger partial charge is 0.283 e. The Hall–Kier alpha value is -2.27. The van der Waals surface area contributed by atoms with Crippen LogP contribution >= 0.6 is 15.9 Å². The van der Waals surface area contributed by atoms with E-state index in [1.165, 1.54) is 6.07 Å². The number of halogens is 1. The van der Waals surface area contributed by atoms with E-state index >= 15 is 0 Å². The summed E-state index contributed by atoms with van der Waals surface area (Å²) in [5.74, 6) is 0. The van der Waals surface area contributed by atoms with Crippen LogP contribution in [0, 0.1) is 10.1 Å². The molecule has 3 rings (SSSR count). The lowest BCUT2D eigenvalue weighted by atomic mass is 10.1. The number of hydrogen-bond donors (Lipinski definition) is 0. The summed E-state index contributed by atoms with van der Waals surface area (Å²) in [5.41, 5.74) is 1.68. The van der Waals surface area contributed by atoms with Crippen LogP contribution < -0.4 is 0 Å². The van der Waals surface area contributed by atoms with Crippen LogP contribution in [0.25, 0.3) is 22.0 Å². The molecular weight excluding hydrogens is 320 g/mol. The highest BCUT2D eigenvalue weighted by Gasteiger charge is 2.12. The van der Waals surface area contributed by atoms with Gasteiger partial charge in [0, 0.05) is 23.2 Å². The molecule has 0 atom stereocenters. The molecule has 1 heterocycles. The first kappa shape index (κ1) is 12.7. The number of nitro groups is 1. The molecule has 0 aliphatic rings. The van der Waals surface area contributed by atoms with Gasteiger partial charge in [-0.15, -0.1) is 0 Å². The summed E-state index contributed by atoms with van der Waals surface area (Å²) >= 11 is 3.23. The van der Waals surface area contributed by atoms with E-state index in [1.54, 1.807) is 18.3 Å². The summed E-state index contributed by atoms with van der Waals surface area (Å²) < 4.78 is 0.454. The Kier molecular flexibility index (Phi) is 3.20. The van der Waals surface area contributed by atoms with Crippen LogP contribution in [0.5, 0.6) is 0 Å². The minimum atomic E-state index is -0.415. The fourth-order valence-electron chi connectivity index (χ4n) is 2.06. The predicted octanol–water partition coefficient (Wildman–Crippen LogP) is 4.57. The molecule has 0 amide bonds. The summed E-state index contributed by atoms with van der Waals surface area (Å²) in [4.78, 5) is 14.8. The second kappa shape index (κ2) is 5.02. The van der Waals surface area contributed by atoms with Crippen LogP contribution in [0.4, 0.5) is 5.69 Å². The topological polar surface area (TPSA) is 56.0 Å². The lowest BCUT2D eigenvalue weighted by Crippen LogP contribution is -1.90. The van der Waals surface area contributed by atoms with Crippen molar-refractivity contribution >= 4 is 32.4 Å². The molecule has 0 radical (unpaired) electrons. The molecular formula is C15H9BrN2O2. The van der Waals surface area contributed by atoms with Crippen molar-refractivity contribution in [3.8, 4) is 11.3 Å². The van der Waals surface area contributed by atoms with E-state index in [0.717, 1.165) is 22.0 Å². The molecule has 20 heavy (non-hydrogen) atoms. The summed E-state index contributed by atoms with van der Waals surface area (Å²) in [7, 11) is 0. The molecule has 0 saturated carbocycles. The highest BCUT2D eigenvalue weighted by molar-refractivity contribution is 9.10. The molecule has 2 aromatic carbocycles. The van der Waals surface area contributed by atoms with Crippen molar-refractivity contribution in [3.63, 3.8) is 0 Å². The van der Waals surface area contributed by atoms with E-state index in [0.29, 0.717) is 4.47 Å². The molecule has 5 heteroatoms. The van der Waals surface area contributed by atoms with Crippen LogP contribution in [0.15, 0.2) is 59.2 Å². The average molecular weight is 329 g/mol. The number of rotatable bonds is 2. The third-order valence-corrected chi connectivity index (χ3v) is 3.71. The van der Waals surface area contributed by atoms with Gasteiger partial charge in [-0.25, -0.2) is 0 Å². The highest BCUT2D eigenvalue weighted by Crippen LogP contribution is 2.30. The maximum absolute atomic E-state index is 10.8. The van der Waals surface area contributed by atoms with Crippen LogP contribution in [-0.2, 0) is 0 Å². The molecule has 0 aliphatic heterocycles. The van der Waals surface area contributed by atoms with Gasteiger partial charge in [0.1, 0.15) is 0 Å². The smallest absolute Gasteiger partial charge is 0.258 e. The molecule has 0 aliphatic carbocycles. The lowest BCUT2D eigenvalue weighted by Gasteiger charge is -2.04. The van der Waals surface area contributed by atoms with Gasteiger partial charge in [0.15, 0.2) is 0 Å². The third-order valence-electron chi connectivity index (χ3n) is 3.07. The first-order chi connectivity index (χ1) is 9.65. The zero-order valence-corrected chi connectivity index (χ0v) is 11.9. The van der Waals surface area contributed by atoms with Gasteiger partial charge in [-0.3, -0.25) is 15.1 Å². The second-order valence-electron chi connectivity index (χ2n) is 4.34. The van der Waals surface area contributed by atoms with Gasteiger partial charge >= 0.3 is 0 Å². The van der Waals surface area contributed by atoms with Crippen LogP contribution in [0.1, 0.15) is 0 Å². The average Bonchev–Trinajstić information content (AvgIpc) is 2.46. The van der Waals surface area contributed by atoms with E-state index in [1.807, 2.05) is 30.3 Å². The third kappa shape index (κ3) is 2.28. The molecule has 0 fully saturated rings. The monoisotopic (exact) mass is 328 g/mol. The number of pyridine rings is 1. The Labute approximate surface area is 123 Å². The van der Waals surface area contributed by atoms with Crippen molar-refractivity contribution in [1.82, 2.24) is 4.98 Å². The van der Waals surface area contributed by atoms with E-state index in [-0.39, 0.29) is 5.69 Å². The van der Waals surface area contributed by atoms with Crippen molar-refractivity contribution in [2.45, 2.75) is 0 Å². The van der Waals surface area contributed by atoms with Crippen LogP contribution in [0.3, 0.4) is 0 Å². The van der Waals surface area contributed by atoms with Crippen LogP contribution in [0.2, 0.25) is 0 Å². The fraction of sp³-hybridized carbons (Fsp3) is 0. The minimum Gasteiger partial charge on any atom is -0.258 e. The van der Waals surface area contributed by atoms with Gasteiger partial charge in [0.05, 0.1) is 15.1 Å². The zero-order valence-electron chi connectivity index (χ0n) is 10.3. The Bertz CT molecular complexity index is 818. The number of aromatic nitrogens is 1. The second-order valence-corrected chi connectivity index (χ2v) is 5.19. The minimum absolute atomic E-state index is 0.0505. The molecule has 1 aromatic heterocycles. The normalized spacial score (nSPS) is 10.7. The number of fused-ring (bicyclic) bond motifs is 1. The number of nitrogens with zero attached hydrogens (tertiary/aromatic N) is 2. The van der Waals surface area contributed by atoms with Crippen molar-refractivity contribution in [3.05, 3.63) is 69.3 Å². The van der Waals surface area contributed by atoms with Gasteiger partial charge in [0.2, 0.25) is 0 Å². The Morgan fingerprint density at radius 1 is 1.05 bits per heavy atom. The van der Waals surface area contributed by atoms with Crippen molar-refractivity contribution in [2.24, 2.45) is 0 Å².